The lowest BCUT2D eigenvalue weighted by Crippen LogP contribution is -2.38. The fourth-order valence-electron chi connectivity index (χ4n) is 2.54. The molecular formula is C20H28IN3O2. The highest BCUT2D eigenvalue weighted by Gasteiger charge is 2.03. The minimum absolute atomic E-state index is 0. The monoisotopic (exact) mass is 469 g/mol. The van der Waals surface area contributed by atoms with Gasteiger partial charge in [0.2, 0.25) is 0 Å². The molecule has 0 heterocycles. The van der Waals surface area contributed by atoms with Crippen LogP contribution in [0.25, 0.3) is 0 Å². The third-order valence-corrected chi connectivity index (χ3v) is 3.95. The van der Waals surface area contributed by atoms with Gasteiger partial charge >= 0.3 is 0 Å². The van der Waals surface area contributed by atoms with Gasteiger partial charge in [0.1, 0.15) is 5.75 Å². The summed E-state index contributed by atoms with van der Waals surface area (Å²) in [5.41, 5.74) is 3.66. The van der Waals surface area contributed by atoms with Crippen molar-refractivity contribution in [1.29, 1.82) is 0 Å². The van der Waals surface area contributed by atoms with Gasteiger partial charge < -0.3 is 20.1 Å². The summed E-state index contributed by atoms with van der Waals surface area (Å²) in [5.74, 6) is 1.67. The van der Waals surface area contributed by atoms with E-state index in [1.807, 2.05) is 24.3 Å². The molecular weight excluding hydrogens is 441 g/mol. The first-order valence-electron chi connectivity index (χ1n) is 8.40. The fraction of sp³-hybridized carbons (Fsp3) is 0.350. The van der Waals surface area contributed by atoms with Crippen LogP contribution in [0.2, 0.25) is 0 Å². The van der Waals surface area contributed by atoms with Gasteiger partial charge in [0, 0.05) is 27.2 Å². The number of hydrogen-bond donors (Lipinski definition) is 2. The summed E-state index contributed by atoms with van der Waals surface area (Å²) in [6.07, 6.45) is 0.922. The Morgan fingerprint density at radius 2 is 1.65 bits per heavy atom. The van der Waals surface area contributed by atoms with E-state index in [0.717, 1.165) is 24.7 Å². The lowest BCUT2D eigenvalue weighted by atomic mass is 10.1. The maximum Gasteiger partial charge on any atom is 0.191 e. The normalized spacial score (nSPS) is 10.8. The maximum atomic E-state index is 5.25. The Bertz CT molecular complexity index is 675. The molecule has 0 aromatic heterocycles. The van der Waals surface area contributed by atoms with Crippen LogP contribution in [0.5, 0.6) is 5.75 Å². The molecule has 2 aromatic carbocycles. The van der Waals surface area contributed by atoms with Crippen LogP contribution in [0, 0.1) is 0 Å². The number of benzene rings is 2. The molecule has 0 spiro atoms. The van der Waals surface area contributed by atoms with E-state index in [9.17, 15) is 0 Å². The van der Waals surface area contributed by atoms with Gasteiger partial charge in [0.15, 0.2) is 5.96 Å². The molecule has 0 unspecified atom stereocenters. The first-order valence-corrected chi connectivity index (χ1v) is 8.40. The number of ether oxygens (including phenoxy) is 2. The quantitative estimate of drug-likeness (QED) is 0.354. The molecule has 0 radical (unpaired) electrons. The van der Waals surface area contributed by atoms with E-state index >= 15 is 0 Å². The second kappa shape index (κ2) is 12.5. The van der Waals surface area contributed by atoms with Gasteiger partial charge in [-0.25, -0.2) is 0 Å². The van der Waals surface area contributed by atoms with Gasteiger partial charge in [-0.05, 0) is 35.2 Å². The lowest BCUT2D eigenvalue weighted by molar-refractivity contribution is 0.184. The molecule has 142 valence electrons. The van der Waals surface area contributed by atoms with Crippen molar-refractivity contribution in [2.75, 3.05) is 27.8 Å². The Morgan fingerprint density at radius 1 is 0.962 bits per heavy atom. The molecule has 0 fully saturated rings. The number of nitrogens with one attached hydrogen (secondary N) is 2. The Labute approximate surface area is 173 Å². The maximum absolute atomic E-state index is 5.25. The van der Waals surface area contributed by atoms with Gasteiger partial charge in [0.05, 0.1) is 13.7 Å². The predicted octanol–water partition coefficient (Wildman–Crippen LogP) is 3.37. The topological polar surface area (TPSA) is 54.9 Å². The third-order valence-electron chi connectivity index (χ3n) is 3.95. The molecule has 0 aliphatic heterocycles. The first kappa shape index (κ1) is 22.2. The van der Waals surface area contributed by atoms with Crippen molar-refractivity contribution in [1.82, 2.24) is 10.6 Å². The van der Waals surface area contributed by atoms with Crippen LogP contribution >= 0.6 is 24.0 Å². The molecule has 0 amide bonds. The highest BCUT2D eigenvalue weighted by atomic mass is 127. The summed E-state index contributed by atoms with van der Waals surface area (Å²) >= 11 is 0. The molecule has 0 saturated heterocycles. The van der Waals surface area contributed by atoms with Crippen molar-refractivity contribution in [3.05, 3.63) is 65.2 Å². The zero-order valence-electron chi connectivity index (χ0n) is 15.6. The van der Waals surface area contributed by atoms with E-state index in [2.05, 4.69) is 39.9 Å². The van der Waals surface area contributed by atoms with Gasteiger partial charge in [0.25, 0.3) is 0 Å². The predicted molar refractivity (Wildman–Crippen MR) is 117 cm³/mol. The van der Waals surface area contributed by atoms with Gasteiger partial charge in [-0.2, -0.15) is 0 Å². The molecule has 2 rings (SSSR count). The Morgan fingerprint density at radius 3 is 2.27 bits per heavy atom. The summed E-state index contributed by atoms with van der Waals surface area (Å²) in [6.45, 7) is 2.13. The van der Waals surface area contributed by atoms with Crippen molar-refractivity contribution in [2.45, 2.75) is 19.6 Å². The number of aliphatic imine (C=N–C) groups is 1. The zero-order valence-corrected chi connectivity index (χ0v) is 17.9. The average molecular weight is 469 g/mol. The van der Waals surface area contributed by atoms with Crippen LogP contribution in [0.15, 0.2) is 53.5 Å². The Balaban J connectivity index is 0.00000338. The third kappa shape index (κ3) is 7.21. The van der Waals surface area contributed by atoms with E-state index in [0.29, 0.717) is 13.2 Å². The summed E-state index contributed by atoms with van der Waals surface area (Å²) in [7, 11) is 5.17. The highest BCUT2D eigenvalue weighted by Crippen LogP contribution is 2.11. The number of halogens is 1. The summed E-state index contributed by atoms with van der Waals surface area (Å²) in [5, 5.41) is 6.70. The fourth-order valence-corrected chi connectivity index (χ4v) is 2.54. The second-order valence-electron chi connectivity index (χ2n) is 5.65. The minimum atomic E-state index is 0. The van der Waals surface area contributed by atoms with Crippen LogP contribution in [0.1, 0.15) is 16.7 Å². The largest absolute Gasteiger partial charge is 0.497 e. The molecule has 2 aromatic rings. The molecule has 5 nitrogen and oxygen atoms in total. The number of hydrogen-bond acceptors (Lipinski definition) is 3. The van der Waals surface area contributed by atoms with Crippen LogP contribution < -0.4 is 15.4 Å². The molecule has 0 bridgehead atoms. The van der Waals surface area contributed by atoms with E-state index in [-0.39, 0.29) is 24.0 Å². The van der Waals surface area contributed by atoms with Gasteiger partial charge in [-0.1, -0.05) is 36.4 Å². The Kier molecular flexibility index (Phi) is 10.7. The van der Waals surface area contributed by atoms with Crippen LogP contribution in [0.4, 0.5) is 0 Å². The number of guanidine groups is 1. The van der Waals surface area contributed by atoms with Crippen molar-refractivity contribution < 1.29 is 9.47 Å². The van der Waals surface area contributed by atoms with Gasteiger partial charge in [-0.3, -0.25) is 4.99 Å². The van der Waals surface area contributed by atoms with Crippen LogP contribution in [-0.4, -0.2) is 33.8 Å². The van der Waals surface area contributed by atoms with Crippen molar-refractivity contribution in [3.63, 3.8) is 0 Å². The molecule has 6 heteroatoms. The van der Waals surface area contributed by atoms with E-state index in [1.54, 1.807) is 21.3 Å². The number of methoxy groups -OCH3 is 2. The average Bonchev–Trinajstić information content (AvgIpc) is 2.66. The standard InChI is InChI=1S/C20H27N3O2.HI/c1-21-20(22-13-12-16-8-10-19(25-3)11-9-16)23-14-17-6-4-5-7-18(17)15-24-2;/h4-11H,12-15H2,1-3H3,(H2,21,22,23);1H. The zero-order chi connectivity index (χ0) is 17.9. The molecule has 0 aliphatic rings. The molecule has 0 atom stereocenters. The summed E-state index contributed by atoms with van der Waals surface area (Å²) < 4.78 is 10.4. The van der Waals surface area contributed by atoms with Crippen molar-refractivity contribution in [3.8, 4) is 5.75 Å². The molecule has 0 aliphatic carbocycles. The first-order chi connectivity index (χ1) is 12.3. The van der Waals surface area contributed by atoms with E-state index in [4.69, 9.17) is 9.47 Å². The van der Waals surface area contributed by atoms with Crippen LogP contribution in [-0.2, 0) is 24.3 Å². The lowest BCUT2D eigenvalue weighted by Gasteiger charge is -2.14. The number of nitrogens with zero attached hydrogens (tertiary/aromatic N) is 1. The van der Waals surface area contributed by atoms with Crippen molar-refractivity contribution >= 4 is 29.9 Å². The molecule has 0 saturated carbocycles. The second-order valence-corrected chi connectivity index (χ2v) is 5.65. The summed E-state index contributed by atoms with van der Waals surface area (Å²) in [6, 6.07) is 16.4. The van der Waals surface area contributed by atoms with Gasteiger partial charge in [-0.15, -0.1) is 24.0 Å². The van der Waals surface area contributed by atoms with Crippen molar-refractivity contribution in [2.24, 2.45) is 4.99 Å². The van der Waals surface area contributed by atoms with E-state index in [1.165, 1.54) is 16.7 Å². The highest BCUT2D eigenvalue weighted by molar-refractivity contribution is 14.0. The SMILES string of the molecule is CN=C(NCCc1ccc(OC)cc1)NCc1ccccc1COC.I. The Hall–Kier alpha value is -1.80. The smallest absolute Gasteiger partial charge is 0.191 e. The number of rotatable bonds is 8. The molecule has 26 heavy (non-hydrogen) atoms. The van der Waals surface area contributed by atoms with Crippen LogP contribution in [0.3, 0.4) is 0 Å². The minimum Gasteiger partial charge on any atom is -0.497 e. The molecule has 2 N–H and O–H groups in total. The summed E-state index contributed by atoms with van der Waals surface area (Å²) in [4.78, 5) is 4.28. The van der Waals surface area contributed by atoms with E-state index < -0.39 is 0 Å².